The van der Waals surface area contributed by atoms with Crippen molar-refractivity contribution in [3.63, 3.8) is 0 Å². The first kappa shape index (κ1) is 35.7. The molecule has 2 aliphatic rings. The normalized spacial score (nSPS) is 17.0. The van der Waals surface area contributed by atoms with E-state index in [1.165, 1.54) is 58.4 Å². The lowest BCUT2D eigenvalue weighted by atomic mass is 9.70. The van der Waals surface area contributed by atoms with Crippen LogP contribution in [0.3, 0.4) is 0 Å². The van der Waals surface area contributed by atoms with Crippen molar-refractivity contribution in [2.45, 2.75) is 124 Å². The molecule has 5 nitrogen and oxygen atoms in total. The first-order valence-electron chi connectivity index (χ1n) is 19.1. The zero-order chi connectivity index (χ0) is 35.8. The summed E-state index contributed by atoms with van der Waals surface area (Å²) in [5, 5.41) is 4.84. The van der Waals surface area contributed by atoms with Crippen LogP contribution < -0.4 is 9.13 Å². The SMILES string of the molecule is CCCC(CC)(CC)c1ccccc1-c1cc(C2=C(C)CC(=C(C)C3CC3)C=C2)cc[n+]1C(C)[n+]1ccccc1-c1nc(C(C)(C)C)nn1C. The van der Waals surface area contributed by atoms with Crippen molar-refractivity contribution in [1.82, 2.24) is 14.8 Å². The van der Waals surface area contributed by atoms with Gasteiger partial charge in [0, 0.05) is 36.7 Å². The van der Waals surface area contributed by atoms with Crippen molar-refractivity contribution >= 4 is 5.57 Å². The molecule has 0 aliphatic heterocycles. The number of hydrogen-bond donors (Lipinski definition) is 0. The Bertz CT molecular complexity index is 1960. The van der Waals surface area contributed by atoms with Crippen LogP contribution in [0.1, 0.15) is 130 Å². The second-order valence-electron chi connectivity index (χ2n) is 15.9. The Morgan fingerprint density at radius 3 is 2.26 bits per heavy atom. The lowest BCUT2D eigenvalue weighted by molar-refractivity contribution is -0.931. The molecule has 0 spiro atoms. The number of hydrogen-bond acceptors (Lipinski definition) is 2. The number of aromatic nitrogens is 5. The van der Waals surface area contributed by atoms with E-state index in [1.807, 2.05) is 11.7 Å². The molecule has 6 rings (SSSR count). The highest BCUT2D eigenvalue weighted by molar-refractivity contribution is 5.81. The fourth-order valence-corrected chi connectivity index (χ4v) is 8.18. The molecule has 1 saturated carbocycles. The molecule has 1 atom stereocenters. The number of aryl methyl sites for hydroxylation is 1. The zero-order valence-corrected chi connectivity index (χ0v) is 32.3. The van der Waals surface area contributed by atoms with Gasteiger partial charge in [0.1, 0.15) is 0 Å². The lowest BCUT2D eigenvalue weighted by Crippen LogP contribution is -2.57. The molecule has 4 aromatic rings. The van der Waals surface area contributed by atoms with Gasteiger partial charge in [-0.1, -0.05) is 89.5 Å². The van der Waals surface area contributed by atoms with Gasteiger partial charge in [0.05, 0.1) is 12.5 Å². The summed E-state index contributed by atoms with van der Waals surface area (Å²) < 4.78 is 6.76. The monoisotopic (exact) mass is 669 g/mol. The fourth-order valence-electron chi connectivity index (χ4n) is 8.18. The molecule has 0 bridgehead atoms. The lowest BCUT2D eigenvalue weighted by Gasteiger charge is -2.34. The Kier molecular flexibility index (Phi) is 10.2. The van der Waals surface area contributed by atoms with E-state index in [0.717, 1.165) is 48.9 Å². The van der Waals surface area contributed by atoms with Crippen molar-refractivity contribution in [1.29, 1.82) is 0 Å². The van der Waals surface area contributed by atoms with Gasteiger partial charge in [-0.05, 0) is 98.1 Å². The minimum Gasteiger partial charge on any atom is -0.244 e. The minimum absolute atomic E-state index is 0.0328. The van der Waals surface area contributed by atoms with Crippen LogP contribution in [0.5, 0.6) is 0 Å². The van der Waals surface area contributed by atoms with E-state index in [2.05, 4.69) is 151 Å². The van der Waals surface area contributed by atoms with E-state index in [4.69, 9.17) is 10.1 Å². The van der Waals surface area contributed by atoms with E-state index >= 15 is 0 Å². The molecule has 2 aliphatic carbocycles. The molecule has 262 valence electrons. The van der Waals surface area contributed by atoms with Crippen molar-refractivity contribution < 1.29 is 9.13 Å². The van der Waals surface area contributed by atoms with Gasteiger partial charge in [0.2, 0.25) is 11.5 Å². The van der Waals surface area contributed by atoms with Crippen LogP contribution in [0.15, 0.2) is 95.9 Å². The molecular formula is C45H59N5+2. The van der Waals surface area contributed by atoms with Crippen molar-refractivity contribution in [3.8, 4) is 22.8 Å². The third-order valence-electron chi connectivity index (χ3n) is 11.6. The summed E-state index contributed by atoms with van der Waals surface area (Å²) in [5.74, 6) is 2.52. The quantitative estimate of drug-likeness (QED) is 0.149. The van der Waals surface area contributed by atoms with Crippen LogP contribution in [-0.2, 0) is 17.9 Å². The third-order valence-corrected chi connectivity index (χ3v) is 11.6. The molecule has 0 saturated heterocycles. The molecular weight excluding hydrogens is 611 g/mol. The molecule has 3 heterocycles. The molecule has 0 amide bonds. The largest absolute Gasteiger partial charge is 0.350 e. The van der Waals surface area contributed by atoms with E-state index in [1.54, 1.807) is 5.57 Å². The molecule has 5 heteroatoms. The van der Waals surface area contributed by atoms with Gasteiger partial charge in [-0.25, -0.2) is 9.67 Å². The summed E-state index contributed by atoms with van der Waals surface area (Å²) >= 11 is 0. The van der Waals surface area contributed by atoms with Crippen molar-refractivity contribution in [2.75, 3.05) is 0 Å². The number of rotatable bonds is 11. The molecule has 0 radical (unpaired) electrons. The number of allylic oxidation sites excluding steroid dienone is 6. The summed E-state index contributed by atoms with van der Waals surface area (Å²) in [6, 6.07) is 20.4. The van der Waals surface area contributed by atoms with Gasteiger partial charge in [-0.3, -0.25) is 0 Å². The van der Waals surface area contributed by atoms with E-state index in [9.17, 15) is 0 Å². The Morgan fingerprint density at radius 1 is 0.920 bits per heavy atom. The van der Waals surface area contributed by atoms with Gasteiger partial charge in [0.15, 0.2) is 18.2 Å². The average Bonchev–Trinajstić information content (AvgIpc) is 3.89. The summed E-state index contributed by atoms with van der Waals surface area (Å²) in [4.78, 5) is 5.08. The highest BCUT2D eigenvalue weighted by Crippen LogP contribution is 2.43. The van der Waals surface area contributed by atoms with Gasteiger partial charge < -0.3 is 0 Å². The smallest absolute Gasteiger partial charge is 0.244 e. The van der Waals surface area contributed by atoms with Gasteiger partial charge in [0.25, 0.3) is 5.69 Å². The Balaban J connectivity index is 1.54. The van der Waals surface area contributed by atoms with Crippen LogP contribution in [0, 0.1) is 5.92 Å². The number of pyridine rings is 2. The predicted molar refractivity (Wildman–Crippen MR) is 206 cm³/mol. The second-order valence-corrected chi connectivity index (χ2v) is 15.9. The predicted octanol–water partition coefficient (Wildman–Crippen LogP) is 10.4. The average molecular weight is 670 g/mol. The summed E-state index contributed by atoms with van der Waals surface area (Å²) in [7, 11) is 2.01. The molecule has 3 aromatic heterocycles. The van der Waals surface area contributed by atoms with E-state index in [-0.39, 0.29) is 17.0 Å². The third kappa shape index (κ3) is 6.81. The van der Waals surface area contributed by atoms with Gasteiger partial charge in [-0.15, -0.1) is 9.13 Å². The maximum atomic E-state index is 5.08. The summed E-state index contributed by atoms with van der Waals surface area (Å²) in [5.41, 5.74) is 12.2. The van der Waals surface area contributed by atoms with Gasteiger partial charge in [-0.2, -0.15) is 5.10 Å². The Labute approximate surface area is 301 Å². The molecule has 0 N–H and O–H groups in total. The first-order chi connectivity index (χ1) is 23.9. The van der Waals surface area contributed by atoms with Gasteiger partial charge >= 0.3 is 6.17 Å². The Morgan fingerprint density at radius 2 is 1.62 bits per heavy atom. The maximum Gasteiger partial charge on any atom is 0.350 e. The van der Waals surface area contributed by atoms with Crippen LogP contribution in [0.2, 0.25) is 0 Å². The maximum absolute atomic E-state index is 5.08. The van der Waals surface area contributed by atoms with Crippen LogP contribution >= 0.6 is 0 Å². The molecule has 1 aromatic carbocycles. The van der Waals surface area contributed by atoms with Crippen molar-refractivity contribution in [2.24, 2.45) is 13.0 Å². The van der Waals surface area contributed by atoms with Crippen LogP contribution in [0.25, 0.3) is 28.3 Å². The van der Waals surface area contributed by atoms with Crippen LogP contribution in [0.4, 0.5) is 0 Å². The van der Waals surface area contributed by atoms with E-state index < -0.39 is 0 Å². The van der Waals surface area contributed by atoms with E-state index in [0.29, 0.717) is 0 Å². The highest BCUT2D eigenvalue weighted by atomic mass is 15.3. The number of nitrogens with zero attached hydrogens (tertiary/aromatic N) is 5. The standard InChI is InChI=1S/C45H59N5/c1-11-26-45(12-2,13-3)39-19-15-14-18-38(39)41-30-36(37-24-23-35(29-31(37)4)32(5)34-21-22-34)25-28-50(41)33(6)49-27-17-16-20-40(49)42-46-43(44(7,8)9)47-48(42)10/h14-20,23-25,27-28,30,33-34H,11-13,21-22,26,29H2,1-10H3/q+2. The minimum atomic E-state index is -0.139. The molecule has 50 heavy (non-hydrogen) atoms. The first-order valence-corrected chi connectivity index (χ1v) is 19.1. The summed E-state index contributed by atoms with van der Waals surface area (Å²) in [6.07, 6.45) is 17.6. The highest BCUT2D eigenvalue weighted by Gasteiger charge is 2.37. The second kappa shape index (κ2) is 14.2. The molecule has 1 fully saturated rings. The zero-order valence-electron chi connectivity index (χ0n) is 32.3. The fraction of sp³-hybridized carbons (Fsp3) is 0.467. The summed E-state index contributed by atoms with van der Waals surface area (Å²) in [6.45, 7) is 20.6. The Hall–Kier alpha value is -4.12. The topological polar surface area (TPSA) is 38.5 Å². The van der Waals surface area contributed by atoms with Crippen molar-refractivity contribution in [3.05, 3.63) is 113 Å². The molecule has 1 unspecified atom stereocenters. The number of benzene rings is 1. The van der Waals surface area contributed by atoms with Crippen LogP contribution in [-0.4, -0.2) is 14.8 Å².